The number of benzene rings is 1. The molecule has 0 radical (unpaired) electrons. The van der Waals surface area contributed by atoms with Crippen LogP contribution < -0.4 is 11.1 Å². The summed E-state index contributed by atoms with van der Waals surface area (Å²) in [6, 6.07) is 3.15. The summed E-state index contributed by atoms with van der Waals surface area (Å²) in [7, 11) is -3.24. The molecule has 1 fully saturated rings. The van der Waals surface area contributed by atoms with Crippen molar-refractivity contribution in [3.63, 3.8) is 0 Å². The molecular formula is C18H21F2IN4O3S2. The Morgan fingerprint density at radius 3 is 2.53 bits per heavy atom. The van der Waals surface area contributed by atoms with Gasteiger partial charge in [-0.2, -0.15) is 0 Å². The highest BCUT2D eigenvalue weighted by Crippen LogP contribution is 2.30. The normalized spacial score (nSPS) is 16.0. The highest BCUT2D eigenvalue weighted by atomic mass is 127. The molecule has 164 valence electrons. The van der Waals surface area contributed by atoms with E-state index in [-0.39, 0.29) is 22.5 Å². The third kappa shape index (κ3) is 5.26. The first-order chi connectivity index (χ1) is 14.2. The van der Waals surface area contributed by atoms with Crippen LogP contribution in [-0.2, 0) is 10.0 Å². The van der Waals surface area contributed by atoms with E-state index in [9.17, 15) is 22.0 Å². The number of hydrogen-bond acceptors (Lipinski definition) is 7. The number of hydrogen-bond donors (Lipinski definition) is 2. The molecule has 1 saturated heterocycles. The Hall–Kier alpha value is -1.38. The Bertz CT molecular complexity index is 1000. The number of ketones is 1. The van der Waals surface area contributed by atoms with Gasteiger partial charge in [-0.3, -0.25) is 4.79 Å². The predicted octanol–water partition coefficient (Wildman–Crippen LogP) is 3.27. The molecule has 0 unspecified atom stereocenters. The maximum Gasteiger partial charge on any atom is 0.214 e. The Morgan fingerprint density at radius 1 is 1.30 bits per heavy atom. The van der Waals surface area contributed by atoms with E-state index in [1.807, 2.05) is 0 Å². The molecule has 1 aliphatic heterocycles. The van der Waals surface area contributed by atoms with Crippen LogP contribution >= 0.6 is 33.9 Å². The summed E-state index contributed by atoms with van der Waals surface area (Å²) < 4.78 is 54.7. The number of aromatic nitrogens is 1. The van der Waals surface area contributed by atoms with Gasteiger partial charge in [0.15, 0.2) is 5.13 Å². The lowest BCUT2D eigenvalue weighted by Crippen LogP contribution is -2.43. The number of carbonyl (C=O) groups excluding carboxylic acids is 1. The molecule has 1 aromatic heterocycles. The van der Waals surface area contributed by atoms with Crippen molar-refractivity contribution < 1.29 is 22.0 Å². The van der Waals surface area contributed by atoms with Gasteiger partial charge in [0.05, 0.1) is 11.3 Å². The fourth-order valence-electron chi connectivity index (χ4n) is 3.20. The van der Waals surface area contributed by atoms with Crippen LogP contribution in [0.3, 0.4) is 0 Å². The number of nitrogens with one attached hydrogen (secondary N) is 1. The number of nitrogens with zero attached hydrogens (tertiary/aromatic N) is 2. The third-order valence-electron chi connectivity index (χ3n) is 4.76. The van der Waals surface area contributed by atoms with Crippen LogP contribution in [0.4, 0.5) is 19.7 Å². The molecule has 2 heterocycles. The number of piperidine rings is 1. The number of carbonyl (C=O) groups is 1. The van der Waals surface area contributed by atoms with Crippen LogP contribution in [0.5, 0.6) is 0 Å². The molecule has 7 nitrogen and oxygen atoms in total. The number of nitrogens with two attached hydrogens (primary N) is 1. The van der Waals surface area contributed by atoms with Crippen LogP contribution in [-0.4, -0.2) is 52.8 Å². The minimum atomic E-state index is -3.24. The number of anilines is 2. The van der Waals surface area contributed by atoms with Gasteiger partial charge in [0.25, 0.3) is 0 Å². The van der Waals surface area contributed by atoms with E-state index in [1.54, 1.807) is 0 Å². The second kappa shape index (κ2) is 9.83. The molecule has 3 N–H and O–H groups in total. The van der Waals surface area contributed by atoms with Crippen LogP contribution in [0.2, 0.25) is 0 Å². The van der Waals surface area contributed by atoms with Crippen LogP contribution in [0.1, 0.15) is 34.5 Å². The average molecular weight is 570 g/mol. The van der Waals surface area contributed by atoms with Gasteiger partial charge in [-0.05, 0) is 31.4 Å². The topological polar surface area (TPSA) is 105 Å². The van der Waals surface area contributed by atoms with Gasteiger partial charge in [-0.25, -0.2) is 26.5 Å². The lowest BCUT2D eigenvalue weighted by molar-refractivity contribution is 0.103. The molecule has 0 atom stereocenters. The summed E-state index contributed by atoms with van der Waals surface area (Å²) in [4.78, 5) is 16.6. The summed E-state index contributed by atoms with van der Waals surface area (Å²) in [6.45, 7) is 0.794. The van der Waals surface area contributed by atoms with Gasteiger partial charge >= 0.3 is 0 Å². The summed E-state index contributed by atoms with van der Waals surface area (Å²) in [6.07, 6.45) is 1.78. The van der Waals surface area contributed by atoms with Crippen molar-refractivity contribution in [3.05, 3.63) is 40.3 Å². The zero-order chi connectivity index (χ0) is 21.9. The van der Waals surface area contributed by atoms with Crippen molar-refractivity contribution in [1.29, 1.82) is 0 Å². The number of nitrogen functional groups attached to an aromatic ring is 1. The molecule has 0 amide bonds. The minimum absolute atomic E-state index is 0.0414. The number of rotatable bonds is 8. The molecular weight excluding hydrogens is 549 g/mol. The van der Waals surface area contributed by atoms with Crippen molar-refractivity contribution in [1.82, 2.24) is 9.29 Å². The lowest BCUT2D eigenvalue weighted by atomic mass is 10.1. The van der Waals surface area contributed by atoms with Gasteiger partial charge in [-0.1, -0.05) is 40.0 Å². The summed E-state index contributed by atoms with van der Waals surface area (Å²) in [5.41, 5.74) is 5.15. The van der Waals surface area contributed by atoms with Gasteiger partial charge in [0, 0.05) is 23.6 Å². The first-order valence-electron chi connectivity index (χ1n) is 9.28. The van der Waals surface area contributed by atoms with E-state index in [4.69, 9.17) is 5.73 Å². The SMILES string of the molecule is Nc1nc(NC2CCN(S(=O)(=O)CCCI)CC2)sc1C(=O)c1c(F)cccc1F. The first kappa shape index (κ1) is 23.3. The highest BCUT2D eigenvalue weighted by Gasteiger charge is 2.29. The molecule has 0 aliphatic carbocycles. The Labute approximate surface area is 191 Å². The predicted molar refractivity (Wildman–Crippen MR) is 122 cm³/mol. The fraction of sp³-hybridized carbons (Fsp3) is 0.444. The second-order valence-corrected chi connectivity index (χ2v) is 11.0. The number of sulfonamides is 1. The maximum atomic E-state index is 13.9. The zero-order valence-electron chi connectivity index (χ0n) is 15.9. The molecule has 30 heavy (non-hydrogen) atoms. The Morgan fingerprint density at radius 2 is 1.93 bits per heavy atom. The Kier molecular flexibility index (Phi) is 7.63. The van der Waals surface area contributed by atoms with Gasteiger partial charge in [0.1, 0.15) is 22.3 Å². The Balaban J connectivity index is 1.65. The van der Waals surface area contributed by atoms with Crippen LogP contribution in [0, 0.1) is 11.6 Å². The fourth-order valence-corrected chi connectivity index (χ4v) is 6.55. The largest absolute Gasteiger partial charge is 0.382 e. The smallest absolute Gasteiger partial charge is 0.214 e. The van der Waals surface area contributed by atoms with Gasteiger partial charge in [0.2, 0.25) is 15.8 Å². The average Bonchev–Trinajstić information content (AvgIpc) is 3.06. The van der Waals surface area contributed by atoms with Crippen LogP contribution in [0.25, 0.3) is 0 Å². The maximum absolute atomic E-state index is 13.9. The monoisotopic (exact) mass is 570 g/mol. The molecule has 0 bridgehead atoms. The van der Waals surface area contributed by atoms with E-state index in [0.29, 0.717) is 37.5 Å². The van der Waals surface area contributed by atoms with E-state index < -0.39 is 33.0 Å². The second-order valence-electron chi connectivity index (χ2n) is 6.84. The minimum Gasteiger partial charge on any atom is -0.382 e. The van der Waals surface area contributed by atoms with Crippen molar-refractivity contribution in [2.24, 2.45) is 0 Å². The standard InChI is InChI=1S/C18H21F2IN4O3S2/c19-12-3-1-4-13(20)14(12)15(26)16-17(22)24-18(29-16)23-11-5-8-25(9-6-11)30(27,28)10-2-7-21/h1,3-4,11H,2,5-10,22H2,(H,23,24). The van der Waals surface area contributed by atoms with Crippen molar-refractivity contribution in [2.75, 3.05) is 34.3 Å². The zero-order valence-corrected chi connectivity index (χ0v) is 19.7. The van der Waals surface area contributed by atoms with Crippen molar-refractivity contribution >= 4 is 60.7 Å². The van der Waals surface area contributed by atoms with E-state index in [0.717, 1.165) is 27.9 Å². The van der Waals surface area contributed by atoms with E-state index >= 15 is 0 Å². The molecule has 12 heteroatoms. The summed E-state index contributed by atoms with van der Waals surface area (Å²) in [5.74, 6) is -2.73. The molecule has 0 spiro atoms. The summed E-state index contributed by atoms with van der Waals surface area (Å²) in [5, 5.41) is 3.52. The molecule has 0 saturated carbocycles. The molecule has 1 aromatic carbocycles. The number of halogens is 3. The highest BCUT2D eigenvalue weighted by molar-refractivity contribution is 14.1. The van der Waals surface area contributed by atoms with E-state index in [1.165, 1.54) is 10.4 Å². The van der Waals surface area contributed by atoms with Crippen molar-refractivity contribution in [3.8, 4) is 0 Å². The van der Waals surface area contributed by atoms with Gasteiger partial charge in [-0.15, -0.1) is 0 Å². The van der Waals surface area contributed by atoms with Crippen LogP contribution in [0.15, 0.2) is 18.2 Å². The van der Waals surface area contributed by atoms with Crippen molar-refractivity contribution in [2.45, 2.75) is 25.3 Å². The van der Waals surface area contributed by atoms with E-state index in [2.05, 4.69) is 32.9 Å². The third-order valence-corrected chi connectivity index (χ3v) is 8.48. The first-order valence-corrected chi connectivity index (χ1v) is 13.2. The van der Waals surface area contributed by atoms with Gasteiger partial charge < -0.3 is 11.1 Å². The molecule has 1 aliphatic rings. The molecule has 2 aromatic rings. The number of alkyl halides is 1. The number of thiazole rings is 1. The quantitative estimate of drug-likeness (QED) is 0.287. The summed E-state index contributed by atoms with van der Waals surface area (Å²) >= 11 is 3.08. The lowest BCUT2D eigenvalue weighted by Gasteiger charge is -2.31. The molecule has 3 rings (SSSR count).